The standard InChI is InChI=1S/C28H46O6/c1-17(2)24(29)10-7-18(3)20-8-9-21-25(30)22(12-14-27(20,21)4)28(5)13-11-19(34-16-33-6)15-23(28)26(31)32/h17-23H,7-16H2,1-6H3,(H,31,32)/t18-,19?,20-,21+,22?,23?,27-,28-/m1/s1. The molecule has 0 aliphatic heterocycles. The number of fused-ring (bicyclic) bond motifs is 1. The zero-order valence-corrected chi connectivity index (χ0v) is 22.1. The minimum absolute atomic E-state index is 0.00763. The number of carbonyl (C=O) groups is 3. The molecule has 8 atom stereocenters. The molecular formula is C28H46O6. The Bertz CT molecular complexity index is 762. The molecule has 3 unspecified atom stereocenters. The van der Waals surface area contributed by atoms with Gasteiger partial charge in [0, 0.05) is 31.3 Å². The van der Waals surface area contributed by atoms with Gasteiger partial charge in [0.05, 0.1) is 12.0 Å². The van der Waals surface area contributed by atoms with E-state index in [1.54, 1.807) is 7.11 Å². The van der Waals surface area contributed by atoms with E-state index in [0.717, 1.165) is 38.5 Å². The van der Waals surface area contributed by atoms with E-state index in [9.17, 15) is 19.5 Å². The number of rotatable bonds is 10. The van der Waals surface area contributed by atoms with Gasteiger partial charge in [-0.3, -0.25) is 14.4 Å². The van der Waals surface area contributed by atoms with Gasteiger partial charge in [-0.05, 0) is 74.0 Å². The fraction of sp³-hybridized carbons (Fsp3) is 0.893. The van der Waals surface area contributed by atoms with Crippen molar-refractivity contribution < 1.29 is 29.0 Å². The van der Waals surface area contributed by atoms with Crippen molar-refractivity contribution in [3.05, 3.63) is 0 Å². The lowest BCUT2D eigenvalue weighted by molar-refractivity contribution is -0.167. The van der Waals surface area contributed by atoms with Gasteiger partial charge >= 0.3 is 5.97 Å². The van der Waals surface area contributed by atoms with Gasteiger partial charge in [0.25, 0.3) is 0 Å². The topological polar surface area (TPSA) is 89.9 Å². The van der Waals surface area contributed by atoms with Crippen molar-refractivity contribution in [3.8, 4) is 0 Å². The second-order valence-corrected chi connectivity index (χ2v) is 12.2. The minimum Gasteiger partial charge on any atom is -0.481 e. The first-order valence-electron chi connectivity index (χ1n) is 13.4. The maximum atomic E-state index is 14.0. The molecule has 1 N–H and O–H groups in total. The Balaban J connectivity index is 1.72. The molecule has 34 heavy (non-hydrogen) atoms. The van der Waals surface area contributed by atoms with Crippen LogP contribution in [0.1, 0.15) is 92.4 Å². The number of Topliss-reactive ketones (excluding diaryl/α,β-unsaturated/α-hetero) is 2. The van der Waals surface area contributed by atoms with Gasteiger partial charge in [0.1, 0.15) is 18.4 Å². The van der Waals surface area contributed by atoms with E-state index in [-0.39, 0.29) is 36.1 Å². The van der Waals surface area contributed by atoms with Crippen LogP contribution in [0.15, 0.2) is 0 Å². The number of ketones is 2. The molecular weight excluding hydrogens is 432 g/mol. The van der Waals surface area contributed by atoms with Crippen LogP contribution in [0.25, 0.3) is 0 Å². The molecule has 0 heterocycles. The molecule has 3 fully saturated rings. The maximum Gasteiger partial charge on any atom is 0.307 e. The van der Waals surface area contributed by atoms with E-state index in [4.69, 9.17) is 9.47 Å². The lowest BCUT2D eigenvalue weighted by Gasteiger charge is -2.52. The number of hydrogen-bond acceptors (Lipinski definition) is 5. The molecule has 194 valence electrons. The predicted octanol–water partition coefficient (Wildman–Crippen LogP) is 5.52. The van der Waals surface area contributed by atoms with Gasteiger partial charge in [-0.15, -0.1) is 0 Å². The summed E-state index contributed by atoms with van der Waals surface area (Å²) in [7, 11) is 1.57. The van der Waals surface area contributed by atoms with Crippen molar-refractivity contribution in [2.45, 2.75) is 98.5 Å². The minimum atomic E-state index is -0.818. The second-order valence-electron chi connectivity index (χ2n) is 12.2. The molecule has 0 aromatic carbocycles. The highest BCUT2D eigenvalue weighted by Gasteiger charge is 2.60. The number of carboxylic acids is 1. The van der Waals surface area contributed by atoms with Gasteiger partial charge in [0.15, 0.2) is 0 Å². The Labute approximate surface area is 205 Å². The number of carboxylic acid groups (broad SMARTS) is 1. The average molecular weight is 479 g/mol. The van der Waals surface area contributed by atoms with Crippen LogP contribution in [-0.2, 0) is 23.9 Å². The second kappa shape index (κ2) is 10.8. The molecule has 0 bridgehead atoms. The first-order valence-corrected chi connectivity index (χ1v) is 13.4. The van der Waals surface area contributed by atoms with Crippen LogP contribution in [0.5, 0.6) is 0 Å². The lowest BCUT2D eigenvalue weighted by Crippen LogP contribution is -2.53. The zero-order valence-electron chi connectivity index (χ0n) is 22.1. The molecule has 3 aliphatic rings. The van der Waals surface area contributed by atoms with Gasteiger partial charge in [0.2, 0.25) is 0 Å². The lowest BCUT2D eigenvalue weighted by atomic mass is 9.51. The van der Waals surface area contributed by atoms with Crippen LogP contribution in [0.4, 0.5) is 0 Å². The van der Waals surface area contributed by atoms with Crippen LogP contribution in [-0.4, -0.2) is 42.6 Å². The van der Waals surface area contributed by atoms with Crippen molar-refractivity contribution in [2.24, 2.45) is 46.3 Å². The van der Waals surface area contributed by atoms with E-state index in [1.807, 2.05) is 20.8 Å². The molecule has 3 rings (SSSR count). The fourth-order valence-corrected chi connectivity index (χ4v) is 7.79. The van der Waals surface area contributed by atoms with E-state index in [0.29, 0.717) is 42.7 Å². The Morgan fingerprint density at radius 3 is 2.29 bits per heavy atom. The summed E-state index contributed by atoms with van der Waals surface area (Å²) in [5.41, 5.74) is -0.577. The number of methoxy groups -OCH3 is 1. The molecule has 0 spiro atoms. The Morgan fingerprint density at radius 1 is 1.03 bits per heavy atom. The Kier molecular flexibility index (Phi) is 8.66. The summed E-state index contributed by atoms with van der Waals surface area (Å²) < 4.78 is 10.7. The third-order valence-corrected chi connectivity index (χ3v) is 10.1. The largest absolute Gasteiger partial charge is 0.481 e. The molecule has 3 aliphatic carbocycles. The summed E-state index contributed by atoms with van der Waals surface area (Å²) >= 11 is 0. The highest BCUT2D eigenvalue weighted by Crippen LogP contribution is 2.62. The summed E-state index contributed by atoms with van der Waals surface area (Å²) in [6.07, 6.45) is 6.92. The smallest absolute Gasteiger partial charge is 0.307 e. The van der Waals surface area contributed by atoms with Crippen molar-refractivity contribution in [2.75, 3.05) is 13.9 Å². The maximum absolute atomic E-state index is 14.0. The summed E-state index contributed by atoms with van der Waals surface area (Å²) in [5, 5.41) is 10.1. The van der Waals surface area contributed by atoms with Crippen LogP contribution < -0.4 is 0 Å². The highest BCUT2D eigenvalue weighted by molar-refractivity contribution is 5.87. The normalized spacial score (nSPS) is 39.1. The summed E-state index contributed by atoms with van der Waals surface area (Å²) in [5.74, 6) is -0.0345. The van der Waals surface area contributed by atoms with E-state index in [1.165, 1.54) is 0 Å². The van der Waals surface area contributed by atoms with Crippen molar-refractivity contribution in [1.82, 2.24) is 0 Å². The van der Waals surface area contributed by atoms with E-state index < -0.39 is 17.3 Å². The zero-order chi connectivity index (χ0) is 25.3. The molecule has 6 nitrogen and oxygen atoms in total. The number of carbonyl (C=O) groups excluding carboxylic acids is 2. The molecule has 0 amide bonds. The van der Waals surface area contributed by atoms with Crippen LogP contribution in [0.2, 0.25) is 0 Å². The Hall–Kier alpha value is -1.27. The molecule has 0 aromatic rings. The quantitative estimate of drug-likeness (QED) is 0.416. The summed E-state index contributed by atoms with van der Waals surface area (Å²) in [4.78, 5) is 38.5. The molecule has 0 saturated heterocycles. The van der Waals surface area contributed by atoms with Gasteiger partial charge in [-0.2, -0.15) is 0 Å². The average Bonchev–Trinajstić information content (AvgIpc) is 3.14. The molecule has 0 aromatic heterocycles. The number of hydrogen-bond donors (Lipinski definition) is 1. The Morgan fingerprint density at radius 2 is 1.68 bits per heavy atom. The van der Waals surface area contributed by atoms with Crippen LogP contribution in [0.3, 0.4) is 0 Å². The third kappa shape index (κ3) is 5.13. The van der Waals surface area contributed by atoms with Gasteiger partial charge in [-0.1, -0.05) is 34.6 Å². The summed E-state index contributed by atoms with van der Waals surface area (Å²) in [6, 6.07) is 0. The molecule has 3 saturated carbocycles. The SMILES string of the molecule is COCOC1CC[C@](C)(C2CC[C@]3(C)[C@@H]([C@H](C)CCC(=O)C(C)C)CC[C@H]3C2=O)C(C(=O)O)C1. The fourth-order valence-electron chi connectivity index (χ4n) is 7.79. The van der Waals surface area contributed by atoms with E-state index >= 15 is 0 Å². The van der Waals surface area contributed by atoms with Gasteiger partial charge < -0.3 is 14.6 Å². The first-order chi connectivity index (χ1) is 16.0. The number of aliphatic carboxylic acids is 1. The van der Waals surface area contributed by atoms with E-state index in [2.05, 4.69) is 13.8 Å². The van der Waals surface area contributed by atoms with Crippen LogP contribution in [0, 0.1) is 46.3 Å². The first kappa shape index (κ1) is 27.3. The van der Waals surface area contributed by atoms with Crippen molar-refractivity contribution in [1.29, 1.82) is 0 Å². The number of ether oxygens (including phenoxy) is 2. The van der Waals surface area contributed by atoms with Crippen molar-refractivity contribution in [3.63, 3.8) is 0 Å². The third-order valence-electron chi connectivity index (χ3n) is 10.1. The summed E-state index contributed by atoms with van der Waals surface area (Å²) in [6.45, 7) is 10.7. The monoisotopic (exact) mass is 478 g/mol. The molecule has 6 heteroatoms. The predicted molar refractivity (Wildman–Crippen MR) is 130 cm³/mol. The van der Waals surface area contributed by atoms with Crippen LogP contribution >= 0.6 is 0 Å². The molecule has 0 radical (unpaired) electrons. The van der Waals surface area contributed by atoms with Crippen molar-refractivity contribution >= 4 is 17.5 Å². The highest BCUT2D eigenvalue weighted by atomic mass is 16.7. The van der Waals surface area contributed by atoms with Gasteiger partial charge in [-0.25, -0.2) is 0 Å².